The van der Waals surface area contributed by atoms with E-state index in [9.17, 15) is 0 Å². The van der Waals surface area contributed by atoms with Crippen LogP contribution in [0, 0.1) is 5.92 Å². The molecular formula is C17H42O4. The summed E-state index contributed by atoms with van der Waals surface area (Å²) in [6.07, 6.45) is 3.50. The molecule has 0 spiro atoms. The van der Waals surface area contributed by atoms with Gasteiger partial charge in [-0.1, -0.05) is 56.9 Å². The minimum absolute atomic E-state index is 0. The van der Waals surface area contributed by atoms with Crippen LogP contribution in [0.25, 0.3) is 0 Å². The van der Waals surface area contributed by atoms with E-state index in [0.717, 1.165) is 45.7 Å². The average molecular weight is 311 g/mol. The molecule has 2 aliphatic rings. The SMILES string of the molecule is C.C.C.C.CCC(C)C1OCCO1.CCCC1OCCO1. The lowest BCUT2D eigenvalue weighted by atomic mass is 10.1. The van der Waals surface area contributed by atoms with Crippen LogP contribution in [0.2, 0.25) is 0 Å². The van der Waals surface area contributed by atoms with Crippen molar-refractivity contribution in [1.29, 1.82) is 0 Å². The van der Waals surface area contributed by atoms with E-state index in [2.05, 4.69) is 20.8 Å². The Morgan fingerprint density at radius 2 is 1.24 bits per heavy atom. The van der Waals surface area contributed by atoms with E-state index in [1.807, 2.05) is 0 Å². The summed E-state index contributed by atoms with van der Waals surface area (Å²) in [5.74, 6) is 0.549. The highest BCUT2D eigenvalue weighted by Gasteiger charge is 2.20. The number of ether oxygens (including phenoxy) is 4. The molecule has 1 unspecified atom stereocenters. The van der Waals surface area contributed by atoms with Gasteiger partial charge in [-0.2, -0.15) is 0 Å². The Morgan fingerprint density at radius 1 is 0.810 bits per heavy atom. The highest BCUT2D eigenvalue weighted by Crippen LogP contribution is 2.16. The minimum Gasteiger partial charge on any atom is -0.350 e. The zero-order chi connectivity index (χ0) is 12.5. The van der Waals surface area contributed by atoms with Crippen LogP contribution >= 0.6 is 0 Å². The van der Waals surface area contributed by atoms with Gasteiger partial charge in [-0.15, -0.1) is 0 Å². The van der Waals surface area contributed by atoms with Crippen molar-refractivity contribution in [3.8, 4) is 0 Å². The van der Waals surface area contributed by atoms with Gasteiger partial charge in [0.2, 0.25) is 0 Å². The van der Waals surface area contributed by atoms with Gasteiger partial charge in [0, 0.05) is 5.92 Å². The molecule has 2 heterocycles. The summed E-state index contributed by atoms with van der Waals surface area (Å²) in [4.78, 5) is 0. The standard InChI is InChI=1S/C7H14O2.C6H12O2.4CH4/c1-3-6(2)7-8-4-5-9-7;1-2-3-6-7-4-5-8-6;;;;/h6-7H,3-5H2,1-2H3;6H,2-5H2,1H3;4*1H4. The lowest BCUT2D eigenvalue weighted by Crippen LogP contribution is -2.17. The van der Waals surface area contributed by atoms with Crippen molar-refractivity contribution < 1.29 is 18.9 Å². The molecule has 21 heavy (non-hydrogen) atoms. The molecule has 4 nitrogen and oxygen atoms in total. The monoisotopic (exact) mass is 310 g/mol. The fraction of sp³-hybridized carbons (Fsp3) is 1.00. The lowest BCUT2D eigenvalue weighted by Gasteiger charge is -2.14. The molecule has 0 aliphatic carbocycles. The average Bonchev–Trinajstić information content (AvgIpc) is 3.01. The van der Waals surface area contributed by atoms with Crippen LogP contribution in [-0.2, 0) is 18.9 Å². The van der Waals surface area contributed by atoms with Crippen molar-refractivity contribution in [2.75, 3.05) is 26.4 Å². The van der Waals surface area contributed by atoms with E-state index in [4.69, 9.17) is 18.9 Å². The zero-order valence-corrected chi connectivity index (χ0v) is 11.3. The predicted molar refractivity (Wildman–Crippen MR) is 92.7 cm³/mol. The molecule has 1 atom stereocenters. The Bertz CT molecular complexity index is 176. The maximum atomic E-state index is 5.28. The van der Waals surface area contributed by atoms with Gasteiger partial charge in [-0.25, -0.2) is 0 Å². The fourth-order valence-corrected chi connectivity index (χ4v) is 1.71. The Hall–Kier alpha value is -0.160. The maximum Gasteiger partial charge on any atom is 0.160 e. The molecule has 0 saturated carbocycles. The number of hydrogen-bond donors (Lipinski definition) is 0. The first-order chi connectivity index (χ1) is 8.27. The topological polar surface area (TPSA) is 36.9 Å². The molecule has 0 bridgehead atoms. The number of rotatable bonds is 4. The van der Waals surface area contributed by atoms with Gasteiger partial charge in [0.05, 0.1) is 26.4 Å². The first-order valence-corrected chi connectivity index (χ1v) is 6.74. The van der Waals surface area contributed by atoms with Gasteiger partial charge in [0.15, 0.2) is 12.6 Å². The minimum atomic E-state index is 0. The van der Waals surface area contributed by atoms with Crippen LogP contribution in [0.1, 0.15) is 69.7 Å². The van der Waals surface area contributed by atoms with E-state index in [1.54, 1.807) is 0 Å². The van der Waals surface area contributed by atoms with E-state index in [0.29, 0.717) is 5.92 Å². The van der Waals surface area contributed by atoms with Crippen molar-refractivity contribution in [1.82, 2.24) is 0 Å². The molecular weight excluding hydrogens is 268 g/mol. The molecule has 2 rings (SSSR count). The van der Waals surface area contributed by atoms with Gasteiger partial charge < -0.3 is 18.9 Å². The van der Waals surface area contributed by atoms with Gasteiger partial charge in [-0.3, -0.25) is 0 Å². The van der Waals surface area contributed by atoms with Crippen LogP contribution in [0.3, 0.4) is 0 Å². The quantitative estimate of drug-likeness (QED) is 0.723. The summed E-state index contributed by atoms with van der Waals surface area (Å²) >= 11 is 0. The van der Waals surface area contributed by atoms with E-state index in [1.165, 1.54) is 0 Å². The Balaban J connectivity index is -0.000000116. The summed E-state index contributed by atoms with van der Waals surface area (Å²) in [7, 11) is 0. The highest BCUT2D eigenvalue weighted by atomic mass is 16.7. The second-order valence-corrected chi connectivity index (χ2v) is 4.46. The molecule has 2 aliphatic heterocycles. The van der Waals surface area contributed by atoms with Crippen molar-refractivity contribution in [3.63, 3.8) is 0 Å². The fourth-order valence-electron chi connectivity index (χ4n) is 1.71. The van der Waals surface area contributed by atoms with Crippen molar-refractivity contribution >= 4 is 0 Å². The Morgan fingerprint density at radius 3 is 1.62 bits per heavy atom. The third-order valence-electron chi connectivity index (χ3n) is 2.97. The van der Waals surface area contributed by atoms with Gasteiger partial charge in [0.1, 0.15) is 0 Å². The molecule has 2 saturated heterocycles. The molecule has 2 fully saturated rings. The molecule has 0 N–H and O–H groups in total. The first-order valence-electron chi connectivity index (χ1n) is 6.74. The summed E-state index contributed by atoms with van der Waals surface area (Å²) in [5.41, 5.74) is 0. The van der Waals surface area contributed by atoms with Gasteiger partial charge >= 0.3 is 0 Å². The second kappa shape index (κ2) is 17.9. The maximum absolute atomic E-state index is 5.28. The van der Waals surface area contributed by atoms with E-state index < -0.39 is 0 Å². The summed E-state index contributed by atoms with van der Waals surface area (Å²) in [6.45, 7) is 9.54. The van der Waals surface area contributed by atoms with Crippen molar-refractivity contribution in [3.05, 3.63) is 0 Å². The predicted octanol–water partition coefficient (Wildman–Crippen LogP) is 5.11. The molecule has 134 valence electrons. The third kappa shape index (κ3) is 12.1. The highest BCUT2D eigenvalue weighted by molar-refractivity contribution is 4.58. The van der Waals surface area contributed by atoms with Crippen LogP contribution in [0.15, 0.2) is 0 Å². The van der Waals surface area contributed by atoms with E-state index in [-0.39, 0.29) is 42.3 Å². The molecule has 0 aromatic heterocycles. The van der Waals surface area contributed by atoms with Crippen LogP contribution in [0.5, 0.6) is 0 Å². The second-order valence-electron chi connectivity index (χ2n) is 4.46. The molecule has 0 aromatic carbocycles. The lowest BCUT2D eigenvalue weighted by molar-refractivity contribution is -0.0790. The smallest absolute Gasteiger partial charge is 0.160 e. The summed E-state index contributed by atoms with van der Waals surface area (Å²) in [5, 5.41) is 0. The molecule has 0 aromatic rings. The van der Waals surface area contributed by atoms with E-state index >= 15 is 0 Å². The Kier molecular flexibility index (Phi) is 24.6. The van der Waals surface area contributed by atoms with Gasteiger partial charge in [0.25, 0.3) is 0 Å². The number of hydrogen-bond acceptors (Lipinski definition) is 4. The van der Waals surface area contributed by atoms with Crippen LogP contribution < -0.4 is 0 Å². The first kappa shape index (κ1) is 28.9. The van der Waals surface area contributed by atoms with Crippen molar-refractivity contribution in [2.45, 2.75) is 82.3 Å². The molecule has 0 amide bonds. The third-order valence-corrected chi connectivity index (χ3v) is 2.97. The summed E-state index contributed by atoms with van der Waals surface area (Å²) < 4.78 is 20.9. The molecule has 4 heteroatoms. The normalized spacial score (nSPS) is 19.0. The molecule has 0 radical (unpaired) electrons. The largest absolute Gasteiger partial charge is 0.350 e. The summed E-state index contributed by atoms with van der Waals surface area (Å²) in [6, 6.07) is 0. The van der Waals surface area contributed by atoms with Crippen molar-refractivity contribution in [2.24, 2.45) is 5.92 Å². The van der Waals surface area contributed by atoms with Crippen LogP contribution in [-0.4, -0.2) is 39.0 Å². The van der Waals surface area contributed by atoms with Crippen LogP contribution in [0.4, 0.5) is 0 Å². The zero-order valence-electron chi connectivity index (χ0n) is 11.3. The Labute approximate surface area is 134 Å². The van der Waals surface area contributed by atoms with Gasteiger partial charge in [-0.05, 0) is 12.8 Å².